The highest BCUT2D eigenvalue weighted by molar-refractivity contribution is 5.27. The number of hydrogen-bond donors (Lipinski definition) is 1. The summed E-state index contributed by atoms with van der Waals surface area (Å²) < 4.78 is 7.53. The molecule has 2 rings (SSSR count). The van der Waals surface area contributed by atoms with E-state index in [0.717, 1.165) is 11.4 Å². The van der Waals surface area contributed by atoms with Gasteiger partial charge in [-0.05, 0) is 30.5 Å². The van der Waals surface area contributed by atoms with Gasteiger partial charge in [0.15, 0.2) is 0 Å². The predicted octanol–water partition coefficient (Wildman–Crippen LogP) is 2.28. The van der Waals surface area contributed by atoms with Crippen LogP contribution >= 0.6 is 0 Å². The molecule has 0 bridgehead atoms. The van der Waals surface area contributed by atoms with Gasteiger partial charge in [0.2, 0.25) is 0 Å². The average molecular weight is 275 g/mol. The fourth-order valence-corrected chi connectivity index (χ4v) is 2.22. The summed E-state index contributed by atoms with van der Waals surface area (Å²) >= 11 is 0. The van der Waals surface area contributed by atoms with E-state index >= 15 is 0 Å². The summed E-state index contributed by atoms with van der Waals surface area (Å²) in [4.78, 5) is 0. The van der Waals surface area contributed by atoms with E-state index in [1.165, 1.54) is 5.56 Å². The highest BCUT2D eigenvalue weighted by Gasteiger charge is 2.15. The molecule has 0 atom stereocenters. The molecule has 5 nitrogen and oxygen atoms in total. The lowest BCUT2D eigenvalue weighted by molar-refractivity contribution is 0.273. The summed E-state index contributed by atoms with van der Waals surface area (Å²) in [6.07, 6.45) is 0. The van der Waals surface area contributed by atoms with Crippen molar-refractivity contribution < 1.29 is 9.84 Å². The molecular weight excluding hydrogens is 254 g/mol. The summed E-state index contributed by atoms with van der Waals surface area (Å²) in [7, 11) is 0. The molecule has 1 heterocycles. The van der Waals surface area contributed by atoms with Crippen molar-refractivity contribution in [1.29, 1.82) is 0 Å². The van der Waals surface area contributed by atoms with Gasteiger partial charge in [0.25, 0.3) is 0 Å². The maximum absolute atomic E-state index is 9.27. The summed E-state index contributed by atoms with van der Waals surface area (Å²) in [6.45, 7) is 7.23. The van der Waals surface area contributed by atoms with Crippen LogP contribution in [0, 0.1) is 6.92 Å². The second kappa shape index (κ2) is 6.52. The van der Waals surface area contributed by atoms with Crippen LogP contribution in [-0.2, 0) is 13.2 Å². The standard InChI is InChI=1S/C15H21N3O2/c1-11(2)15-14(10-19)16-17-18(15)7-8-20-13-6-4-5-12(3)9-13/h4-6,9,11,19H,7-8,10H2,1-3H3. The van der Waals surface area contributed by atoms with Gasteiger partial charge in [-0.2, -0.15) is 0 Å². The van der Waals surface area contributed by atoms with Gasteiger partial charge in [0.1, 0.15) is 18.1 Å². The van der Waals surface area contributed by atoms with Crippen molar-refractivity contribution in [1.82, 2.24) is 15.0 Å². The molecule has 1 aromatic heterocycles. The quantitative estimate of drug-likeness (QED) is 0.878. The molecule has 0 aliphatic heterocycles. The van der Waals surface area contributed by atoms with Crippen LogP contribution in [-0.4, -0.2) is 26.7 Å². The topological polar surface area (TPSA) is 60.2 Å². The number of hydrogen-bond acceptors (Lipinski definition) is 4. The molecule has 108 valence electrons. The monoisotopic (exact) mass is 275 g/mol. The summed E-state index contributed by atoms with van der Waals surface area (Å²) in [5, 5.41) is 17.4. The van der Waals surface area contributed by atoms with Gasteiger partial charge < -0.3 is 9.84 Å². The molecule has 0 saturated carbocycles. The zero-order chi connectivity index (χ0) is 14.5. The Labute approximate surface area is 119 Å². The highest BCUT2D eigenvalue weighted by atomic mass is 16.5. The normalized spacial score (nSPS) is 11.1. The van der Waals surface area contributed by atoms with E-state index in [4.69, 9.17) is 4.74 Å². The number of rotatable bonds is 6. The van der Waals surface area contributed by atoms with Gasteiger partial charge in [-0.25, -0.2) is 4.68 Å². The third-order valence-electron chi connectivity index (χ3n) is 3.11. The van der Waals surface area contributed by atoms with Gasteiger partial charge in [-0.15, -0.1) is 5.10 Å². The fourth-order valence-electron chi connectivity index (χ4n) is 2.22. The van der Waals surface area contributed by atoms with E-state index in [2.05, 4.69) is 24.2 Å². The van der Waals surface area contributed by atoms with Crippen LogP contribution in [0.25, 0.3) is 0 Å². The number of aromatic nitrogens is 3. The molecule has 2 aromatic rings. The van der Waals surface area contributed by atoms with Crippen LogP contribution in [0.4, 0.5) is 0 Å². The molecule has 0 aliphatic rings. The first kappa shape index (κ1) is 14.5. The van der Waals surface area contributed by atoms with E-state index in [1.807, 2.05) is 35.9 Å². The summed E-state index contributed by atoms with van der Waals surface area (Å²) in [5.74, 6) is 1.13. The number of nitrogens with zero attached hydrogens (tertiary/aromatic N) is 3. The Morgan fingerprint density at radius 1 is 1.35 bits per heavy atom. The third-order valence-corrected chi connectivity index (χ3v) is 3.11. The molecule has 0 fully saturated rings. The van der Waals surface area contributed by atoms with Crippen LogP contribution < -0.4 is 4.74 Å². The highest BCUT2D eigenvalue weighted by Crippen LogP contribution is 2.18. The summed E-state index contributed by atoms with van der Waals surface area (Å²) in [6, 6.07) is 7.96. The van der Waals surface area contributed by atoms with E-state index in [1.54, 1.807) is 0 Å². The number of benzene rings is 1. The largest absolute Gasteiger partial charge is 0.492 e. The van der Waals surface area contributed by atoms with E-state index in [-0.39, 0.29) is 12.5 Å². The Kier molecular flexibility index (Phi) is 4.74. The molecule has 0 amide bonds. The van der Waals surface area contributed by atoms with E-state index in [9.17, 15) is 5.11 Å². The van der Waals surface area contributed by atoms with Crippen LogP contribution in [0.2, 0.25) is 0 Å². The summed E-state index contributed by atoms with van der Waals surface area (Å²) in [5.41, 5.74) is 2.80. The van der Waals surface area contributed by atoms with Gasteiger partial charge >= 0.3 is 0 Å². The van der Waals surface area contributed by atoms with Crippen LogP contribution in [0.15, 0.2) is 24.3 Å². The Bertz CT molecular complexity index is 564. The zero-order valence-corrected chi connectivity index (χ0v) is 12.2. The molecule has 0 unspecified atom stereocenters. The molecule has 1 aromatic carbocycles. The Morgan fingerprint density at radius 3 is 2.80 bits per heavy atom. The Balaban J connectivity index is 1.99. The predicted molar refractivity (Wildman–Crippen MR) is 76.7 cm³/mol. The van der Waals surface area contributed by atoms with Crippen LogP contribution in [0.5, 0.6) is 5.75 Å². The second-order valence-electron chi connectivity index (χ2n) is 5.12. The van der Waals surface area contributed by atoms with Gasteiger partial charge in [0, 0.05) is 0 Å². The fraction of sp³-hybridized carbons (Fsp3) is 0.467. The minimum atomic E-state index is -0.0771. The molecule has 20 heavy (non-hydrogen) atoms. The van der Waals surface area contributed by atoms with Crippen molar-refractivity contribution in [3.63, 3.8) is 0 Å². The van der Waals surface area contributed by atoms with Gasteiger partial charge in [0.05, 0.1) is 18.8 Å². The lowest BCUT2D eigenvalue weighted by Crippen LogP contribution is -2.13. The molecule has 1 N–H and O–H groups in total. The second-order valence-corrected chi connectivity index (χ2v) is 5.12. The Hall–Kier alpha value is -1.88. The van der Waals surface area contributed by atoms with Crippen molar-refractivity contribution >= 4 is 0 Å². The maximum atomic E-state index is 9.27. The average Bonchev–Trinajstić information content (AvgIpc) is 2.82. The zero-order valence-electron chi connectivity index (χ0n) is 12.2. The number of aliphatic hydroxyl groups is 1. The minimum Gasteiger partial charge on any atom is -0.492 e. The number of ether oxygens (including phenoxy) is 1. The smallest absolute Gasteiger partial charge is 0.119 e. The van der Waals surface area contributed by atoms with Crippen molar-refractivity contribution in [3.8, 4) is 5.75 Å². The Morgan fingerprint density at radius 2 is 2.15 bits per heavy atom. The first-order valence-electron chi connectivity index (χ1n) is 6.84. The number of aliphatic hydroxyl groups excluding tert-OH is 1. The van der Waals surface area contributed by atoms with E-state index in [0.29, 0.717) is 18.8 Å². The lowest BCUT2D eigenvalue weighted by atomic mass is 10.1. The number of aryl methyl sites for hydroxylation is 1. The molecular formula is C15H21N3O2. The minimum absolute atomic E-state index is 0.0771. The van der Waals surface area contributed by atoms with Crippen LogP contribution in [0.3, 0.4) is 0 Å². The lowest BCUT2D eigenvalue weighted by Gasteiger charge is -2.11. The SMILES string of the molecule is Cc1cccc(OCCn2nnc(CO)c2C(C)C)c1. The van der Waals surface area contributed by atoms with E-state index < -0.39 is 0 Å². The molecule has 0 aliphatic carbocycles. The van der Waals surface area contributed by atoms with Crippen molar-refractivity contribution in [3.05, 3.63) is 41.2 Å². The van der Waals surface area contributed by atoms with Crippen molar-refractivity contribution in [2.75, 3.05) is 6.61 Å². The maximum Gasteiger partial charge on any atom is 0.119 e. The molecule has 0 spiro atoms. The van der Waals surface area contributed by atoms with Crippen LogP contribution in [0.1, 0.15) is 36.7 Å². The first-order chi connectivity index (χ1) is 9.61. The molecule has 0 radical (unpaired) electrons. The molecule has 5 heteroatoms. The van der Waals surface area contributed by atoms with Crippen molar-refractivity contribution in [2.24, 2.45) is 0 Å². The molecule has 0 saturated heterocycles. The first-order valence-corrected chi connectivity index (χ1v) is 6.84. The van der Waals surface area contributed by atoms with Gasteiger partial charge in [-0.3, -0.25) is 0 Å². The van der Waals surface area contributed by atoms with Crippen molar-refractivity contribution in [2.45, 2.75) is 39.8 Å². The third kappa shape index (κ3) is 3.36. The van der Waals surface area contributed by atoms with Gasteiger partial charge in [-0.1, -0.05) is 31.2 Å².